The van der Waals surface area contributed by atoms with Crippen molar-refractivity contribution in [2.24, 2.45) is 0 Å². The normalized spacial score (nSPS) is 23.7. The van der Waals surface area contributed by atoms with Crippen LogP contribution in [0.2, 0.25) is 0 Å². The molecule has 1 saturated heterocycles. The third kappa shape index (κ3) is 3.91. The lowest BCUT2D eigenvalue weighted by molar-refractivity contribution is -0.00523. The van der Waals surface area contributed by atoms with Crippen molar-refractivity contribution in [2.75, 3.05) is 24.5 Å². The summed E-state index contributed by atoms with van der Waals surface area (Å²) < 4.78 is 19.4. The van der Waals surface area contributed by atoms with E-state index in [9.17, 15) is 4.39 Å². The molecule has 0 radical (unpaired) electrons. The second-order valence-corrected chi connectivity index (χ2v) is 5.26. The van der Waals surface area contributed by atoms with Crippen LogP contribution in [0, 0.1) is 5.82 Å². The van der Waals surface area contributed by atoms with Gasteiger partial charge in [-0.15, -0.1) is 0 Å². The fourth-order valence-corrected chi connectivity index (χ4v) is 2.58. The van der Waals surface area contributed by atoms with Crippen molar-refractivity contribution in [3.8, 4) is 0 Å². The highest BCUT2D eigenvalue weighted by molar-refractivity contribution is 5.49. The summed E-state index contributed by atoms with van der Waals surface area (Å²) >= 11 is 0. The Bertz CT molecular complexity index is 415. The number of benzene rings is 1. The summed E-state index contributed by atoms with van der Waals surface area (Å²) in [4.78, 5) is 2.21. The highest BCUT2D eigenvalue weighted by Gasteiger charge is 2.22. The van der Waals surface area contributed by atoms with Gasteiger partial charge in [-0.2, -0.15) is 0 Å². The number of halogens is 1. The number of rotatable bonds is 4. The Kier molecular flexibility index (Phi) is 4.77. The van der Waals surface area contributed by atoms with Gasteiger partial charge in [0.05, 0.1) is 12.2 Å². The highest BCUT2D eigenvalue weighted by atomic mass is 19.1. The first-order valence-electron chi connectivity index (χ1n) is 6.99. The van der Waals surface area contributed by atoms with E-state index < -0.39 is 0 Å². The monoisotopic (exact) mass is 266 g/mol. The maximum absolute atomic E-state index is 13.7. The molecule has 1 heterocycles. The molecule has 1 aliphatic rings. The number of hydrogen-bond acceptors (Lipinski definition) is 3. The van der Waals surface area contributed by atoms with Crippen LogP contribution in [0.5, 0.6) is 0 Å². The Hall–Kier alpha value is -1.13. The average Bonchev–Trinajstić information content (AvgIpc) is 2.34. The SMILES string of the molecule is CCNCc1cc(F)cc(N2C[C@@H](C)O[C@@H](C)C2)c1. The Morgan fingerprint density at radius 2 is 1.95 bits per heavy atom. The maximum Gasteiger partial charge on any atom is 0.125 e. The van der Waals surface area contributed by atoms with E-state index in [4.69, 9.17) is 4.74 Å². The molecular weight excluding hydrogens is 243 g/mol. The van der Waals surface area contributed by atoms with Crippen LogP contribution in [0.25, 0.3) is 0 Å². The Morgan fingerprint density at radius 3 is 2.58 bits per heavy atom. The lowest BCUT2D eigenvalue weighted by Crippen LogP contribution is -2.45. The smallest absolute Gasteiger partial charge is 0.125 e. The van der Waals surface area contributed by atoms with E-state index in [0.29, 0.717) is 6.54 Å². The van der Waals surface area contributed by atoms with Gasteiger partial charge in [-0.05, 0) is 44.2 Å². The van der Waals surface area contributed by atoms with E-state index in [1.165, 1.54) is 0 Å². The minimum Gasteiger partial charge on any atom is -0.372 e. The predicted molar refractivity (Wildman–Crippen MR) is 76.0 cm³/mol. The van der Waals surface area contributed by atoms with Gasteiger partial charge in [0.2, 0.25) is 0 Å². The topological polar surface area (TPSA) is 24.5 Å². The molecule has 19 heavy (non-hydrogen) atoms. The van der Waals surface area contributed by atoms with Crippen LogP contribution in [0.1, 0.15) is 26.3 Å². The van der Waals surface area contributed by atoms with E-state index in [2.05, 4.69) is 30.1 Å². The van der Waals surface area contributed by atoms with Crippen LogP contribution in [-0.4, -0.2) is 31.8 Å². The van der Waals surface area contributed by atoms with Gasteiger partial charge >= 0.3 is 0 Å². The number of nitrogens with zero attached hydrogens (tertiary/aromatic N) is 1. The largest absolute Gasteiger partial charge is 0.372 e. The first-order chi connectivity index (χ1) is 9.08. The Labute approximate surface area is 114 Å². The molecule has 1 N–H and O–H groups in total. The summed E-state index contributed by atoms with van der Waals surface area (Å²) in [5.41, 5.74) is 1.94. The van der Waals surface area contributed by atoms with Crippen molar-refractivity contribution >= 4 is 5.69 Å². The van der Waals surface area contributed by atoms with E-state index in [0.717, 1.165) is 30.9 Å². The molecule has 1 aliphatic heterocycles. The zero-order chi connectivity index (χ0) is 13.8. The molecule has 0 bridgehead atoms. The fraction of sp³-hybridized carbons (Fsp3) is 0.600. The van der Waals surface area contributed by atoms with Crippen LogP contribution in [0.15, 0.2) is 18.2 Å². The fourth-order valence-electron chi connectivity index (χ4n) is 2.58. The third-order valence-electron chi connectivity index (χ3n) is 3.31. The highest BCUT2D eigenvalue weighted by Crippen LogP contribution is 2.23. The lowest BCUT2D eigenvalue weighted by atomic mass is 10.1. The van der Waals surface area contributed by atoms with Crippen LogP contribution in [-0.2, 0) is 11.3 Å². The molecule has 0 aliphatic carbocycles. The molecule has 1 fully saturated rings. The van der Waals surface area contributed by atoms with Crippen molar-refractivity contribution in [3.05, 3.63) is 29.6 Å². The molecule has 0 amide bonds. The average molecular weight is 266 g/mol. The number of hydrogen-bond donors (Lipinski definition) is 1. The van der Waals surface area contributed by atoms with Gasteiger partial charge in [0, 0.05) is 25.3 Å². The van der Waals surface area contributed by atoms with Gasteiger partial charge in [0.1, 0.15) is 5.82 Å². The van der Waals surface area contributed by atoms with Crippen molar-refractivity contribution in [1.82, 2.24) is 5.32 Å². The summed E-state index contributed by atoms with van der Waals surface area (Å²) in [6.45, 7) is 9.38. The number of ether oxygens (including phenoxy) is 1. The minimum absolute atomic E-state index is 0.169. The number of nitrogens with one attached hydrogen (secondary N) is 1. The minimum atomic E-state index is -0.169. The first-order valence-corrected chi connectivity index (χ1v) is 6.99. The molecule has 0 saturated carbocycles. The molecule has 4 heteroatoms. The molecule has 106 valence electrons. The first kappa shape index (κ1) is 14.3. The summed E-state index contributed by atoms with van der Waals surface area (Å²) in [5, 5.41) is 3.23. The van der Waals surface area contributed by atoms with Crippen LogP contribution in [0.3, 0.4) is 0 Å². The third-order valence-corrected chi connectivity index (χ3v) is 3.31. The van der Waals surface area contributed by atoms with E-state index in [1.54, 1.807) is 12.1 Å². The second kappa shape index (κ2) is 6.35. The molecule has 0 unspecified atom stereocenters. The zero-order valence-electron chi connectivity index (χ0n) is 11.9. The summed E-state index contributed by atoms with van der Waals surface area (Å²) in [5.74, 6) is -0.169. The van der Waals surface area contributed by atoms with Crippen molar-refractivity contribution in [2.45, 2.75) is 39.5 Å². The molecule has 2 atom stereocenters. The summed E-state index contributed by atoms with van der Waals surface area (Å²) in [6, 6.07) is 5.27. The zero-order valence-corrected chi connectivity index (χ0v) is 11.9. The Balaban J connectivity index is 2.16. The molecule has 3 nitrogen and oxygen atoms in total. The van der Waals surface area contributed by atoms with E-state index in [-0.39, 0.29) is 18.0 Å². The summed E-state index contributed by atoms with van der Waals surface area (Å²) in [7, 11) is 0. The van der Waals surface area contributed by atoms with Gasteiger partial charge in [-0.25, -0.2) is 4.39 Å². The maximum atomic E-state index is 13.7. The summed E-state index contributed by atoms with van der Waals surface area (Å²) in [6.07, 6.45) is 0.369. The molecule has 0 spiro atoms. The van der Waals surface area contributed by atoms with E-state index in [1.807, 2.05) is 6.92 Å². The molecule has 1 aromatic rings. The van der Waals surface area contributed by atoms with Crippen molar-refractivity contribution in [1.29, 1.82) is 0 Å². The van der Waals surface area contributed by atoms with Crippen molar-refractivity contribution < 1.29 is 9.13 Å². The molecule has 1 aromatic carbocycles. The van der Waals surface area contributed by atoms with E-state index >= 15 is 0 Å². The van der Waals surface area contributed by atoms with Crippen LogP contribution in [0.4, 0.5) is 10.1 Å². The Morgan fingerprint density at radius 1 is 1.26 bits per heavy atom. The van der Waals surface area contributed by atoms with Gasteiger partial charge < -0.3 is 15.0 Å². The van der Waals surface area contributed by atoms with Gasteiger partial charge in [-0.1, -0.05) is 6.92 Å². The van der Waals surface area contributed by atoms with Gasteiger partial charge in [0.25, 0.3) is 0 Å². The number of anilines is 1. The quantitative estimate of drug-likeness (QED) is 0.906. The molecular formula is C15H23FN2O. The number of morpholine rings is 1. The van der Waals surface area contributed by atoms with Crippen LogP contribution >= 0.6 is 0 Å². The van der Waals surface area contributed by atoms with Crippen LogP contribution < -0.4 is 10.2 Å². The van der Waals surface area contributed by atoms with Gasteiger partial charge in [0.15, 0.2) is 0 Å². The molecule has 2 rings (SSSR count). The second-order valence-electron chi connectivity index (χ2n) is 5.26. The molecule has 0 aromatic heterocycles. The lowest BCUT2D eigenvalue weighted by Gasteiger charge is -2.37. The predicted octanol–water partition coefficient (Wildman–Crippen LogP) is 2.55. The standard InChI is InChI=1S/C15H23FN2O/c1-4-17-8-13-5-14(16)7-15(6-13)18-9-11(2)19-12(3)10-18/h5-7,11-12,17H,4,8-10H2,1-3H3/t11-,12+. The van der Waals surface area contributed by atoms with Crippen molar-refractivity contribution in [3.63, 3.8) is 0 Å². The van der Waals surface area contributed by atoms with Gasteiger partial charge in [-0.3, -0.25) is 0 Å².